The molecule has 4 nitrogen and oxygen atoms in total. The van der Waals surface area contributed by atoms with Gasteiger partial charge < -0.3 is 9.30 Å². The van der Waals surface area contributed by atoms with Crippen molar-refractivity contribution in [3.63, 3.8) is 0 Å². The van der Waals surface area contributed by atoms with Crippen molar-refractivity contribution >= 4 is 0 Å². The van der Waals surface area contributed by atoms with Crippen molar-refractivity contribution in [3.05, 3.63) is 90.0 Å². The van der Waals surface area contributed by atoms with Gasteiger partial charge in [-0.25, -0.2) is 4.98 Å². The van der Waals surface area contributed by atoms with E-state index < -0.39 is 0 Å². The summed E-state index contributed by atoms with van der Waals surface area (Å²) in [5.74, 6) is 1.50. The number of morpholine rings is 1. The Morgan fingerprint density at radius 2 is 1.71 bits per heavy atom. The molecule has 0 saturated carbocycles. The Morgan fingerprint density at radius 1 is 1.04 bits per heavy atom. The Hall–Kier alpha value is -2.43. The van der Waals surface area contributed by atoms with E-state index in [9.17, 15) is 0 Å². The Morgan fingerprint density at radius 3 is 2.36 bits per heavy atom. The summed E-state index contributed by atoms with van der Waals surface area (Å²) >= 11 is 0. The highest BCUT2D eigenvalue weighted by atomic mass is 16.5. The van der Waals surface area contributed by atoms with Gasteiger partial charge in [0.15, 0.2) is 0 Å². The third kappa shape index (κ3) is 4.51. The second-order valence-electron chi connectivity index (χ2n) is 7.47. The first-order valence-electron chi connectivity index (χ1n) is 10.3. The first-order chi connectivity index (χ1) is 13.8. The summed E-state index contributed by atoms with van der Waals surface area (Å²) in [4.78, 5) is 7.02. The van der Waals surface area contributed by atoms with Crippen LogP contribution in [0.25, 0.3) is 0 Å². The highest BCUT2D eigenvalue weighted by molar-refractivity contribution is 5.32. The lowest BCUT2D eigenvalue weighted by Crippen LogP contribution is -2.43. The molecule has 146 valence electrons. The monoisotopic (exact) mass is 375 g/mol. The molecule has 0 amide bonds. The molecule has 0 bridgehead atoms. The number of nitrogens with zero attached hydrogens (tertiary/aromatic N) is 3. The first kappa shape index (κ1) is 18.9. The van der Waals surface area contributed by atoms with Gasteiger partial charge in [-0.15, -0.1) is 0 Å². The van der Waals surface area contributed by atoms with Gasteiger partial charge >= 0.3 is 0 Å². The number of ether oxygens (including phenoxy) is 1. The maximum Gasteiger partial charge on any atom is 0.122 e. The van der Waals surface area contributed by atoms with E-state index in [0.29, 0.717) is 5.92 Å². The SMILES string of the molecule is CCn1ccnc1CN1CCO[C@H](CC(c2ccccc2)c2ccccc2)C1. The van der Waals surface area contributed by atoms with Crippen LogP contribution in [-0.4, -0.2) is 40.3 Å². The highest BCUT2D eigenvalue weighted by Gasteiger charge is 2.26. The second kappa shape index (κ2) is 9.18. The van der Waals surface area contributed by atoms with Crippen LogP contribution in [0.15, 0.2) is 73.1 Å². The molecule has 1 saturated heterocycles. The molecule has 3 aromatic rings. The minimum atomic E-state index is 0.226. The smallest absolute Gasteiger partial charge is 0.122 e. The predicted molar refractivity (Wildman–Crippen MR) is 112 cm³/mol. The molecule has 0 unspecified atom stereocenters. The summed E-state index contributed by atoms with van der Waals surface area (Å²) in [6.07, 6.45) is 5.18. The van der Waals surface area contributed by atoms with Gasteiger partial charge in [0.2, 0.25) is 0 Å². The Balaban J connectivity index is 1.47. The largest absolute Gasteiger partial charge is 0.376 e. The lowest BCUT2D eigenvalue weighted by atomic mass is 9.86. The molecule has 1 aliphatic heterocycles. The van der Waals surface area contributed by atoms with Crippen LogP contribution in [0.4, 0.5) is 0 Å². The van der Waals surface area contributed by atoms with Crippen molar-refractivity contribution < 1.29 is 4.74 Å². The fraction of sp³-hybridized carbons (Fsp3) is 0.375. The Kier molecular flexibility index (Phi) is 6.20. The topological polar surface area (TPSA) is 30.3 Å². The van der Waals surface area contributed by atoms with Crippen molar-refractivity contribution in [1.82, 2.24) is 14.5 Å². The summed E-state index contributed by atoms with van der Waals surface area (Å²) < 4.78 is 8.41. The quantitative estimate of drug-likeness (QED) is 0.616. The molecular weight excluding hydrogens is 346 g/mol. The van der Waals surface area contributed by atoms with Crippen LogP contribution in [0.1, 0.15) is 36.2 Å². The molecule has 1 fully saturated rings. The standard InChI is InChI=1S/C24H29N3O/c1-2-27-14-13-25-24(27)19-26-15-16-28-22(18-26)17-23(20-9-5-3-6-10-20)21-11-7-4-8-12-21/h3-14,22-23H,2,15-19H2,1H3/t22-/m1/s1. The van der Waals surface area contributed by atoms with Gasteiger partial charge in [0.1, 0.15) is 5.82 Å². The molecule has 0 aliphatic carbocycles. The highest BCUT2D eigenvalue weighted by Crippen LogP contribution is 2.31. The molecule has 0 N–H and O–H groups in total. The molecule has 4 rings (SSSR count). The molecule has 1 atom stereocenters. The lowest BCUT2D eigenvalue weighted by molar-refractivity contribution is -0.0374. The van der Waals surface area contributed by atoms with Gasteiger partial charge in [-0.2, -0.15) is 0 Å². The maximum absolute atomic E-state index is 6.19. The average molecular weight is 376 g/mol. The second-order valence-corrected chi connectivity index (χ2v) is 7.47. The maximum atomic E-state index is 6.19. The van der Waals surface area contributed by atoms with E-state index in [4.69, 9.17) is 4.74 Å². The van der Waals surface area contributed by atoms with E-state index >= 15 is 0 Å². The number of aromatic nitrogens is 2. The van der Waals surface area contributed by atoms with E-state index in [1.165, 1.54) is 11.1 Å². The van der Waals surface area contributed by atoms with Crippen molar-refractivity contribution in [2.75, 3.05) is 19.7 Å². The summed E-state index contributed by atoms with van der Waals surface area (Å²) in [6, 6.07) is 21.6. The summed E-state index contributed by atoms with van der Waals surface area (Å²) in [5, 5.41) is 0. The predicted octanol–water partition coefficient (Wildman–Crippen LogP) is 4.33. The molecule has 2 heterocycles. The zero-order chi connectivity index (χ0) is 19.2. The molecule has 4 heteroatoms. The van der Waals surface area contributed by atoms with Crippen LogP contribution < -0.4 is 0 Å². The van der Waals surface area contributed by atoms with Crippen LogP contribution in [0.2, 0.25) is 0 Å². The minimum absolute atomic E-state index is 0.226. The van der Waals surface area contributed by atoms with E-state index in [1.807, 2.05) is 6.20 Å². The van der Waals surface area contributed by atoms with Crippen LogP contribution in [0.3, 0.4) is 0 Å². The van der Waals surface area contributed by atoms with Crippen molar-refractivity contribution in [3.8, 4) is 0 Å². The average Bonchev–Trinajstić information content (AvgIpc) is 3.20. The van der Waals surface area contributed by atoms with Crippen molar-refractivity contribution in [1.29, 1.82) is 0 Å². The fourth-order valence-electron chi connectivity index (χ4n) is 4.14. The first-order valence-corrected chi connectivity index (χ1v) is 10.3. The van der Waals surface area contributed by atoms with Crippen molar-refractivity contribution in [2.45, 2.75) is 38.5 Å². The Labute approximate surface area is 167 Å². The molecular formula is C24H29N3O. The third-order valence-corrected chi connectivity index (χ3v) is 5.63. The fourth-order valence-corrected chi connectivity index (χ4v) is 4.14. The third-order valence-electron chi connectivity index (χ3n) is 5.63. The van der Waals surface area contributed by atoms with E-state index in [1.54, 1.807) is 0 Å². The number of hydrogen-bond donors (Lipinski definition) is 0. The summed E-state index contributed by atoms with van der Waals surface area (Å²) in [7, 11) is 0. The number of imidazole rings is 1. The van der Waals surface area contributed by atoms with Gasteiger partial charge in [-0.3, -0.25) is 4.90 Å². The van der Waals surface area contributed by atoms with E-state index in [-0.39, 0.29) is 6.10 Å². The van der Waals surface area contributed by atoms with Crippen LogP contribution in [0, 0.1) is 0 Å². The van der Waals surface area contributed by atoms with Crippen LogP contribution >= 0.6 is 0 Å². The Bertz CT molecular complexity index is 807. The van der Waals surface area contributed by atoms with Crippen LogP contribution in [0.5, 0.6) is 0 Å². The van der Waals surface area contributed by atoms with Crippen LogP contribution in [-0.2, 0) is 17.8 Å². The normalized spacial score (nSPS) is 17.9. The number of rotatable bonds is 7. The molecule has 28 heavy (non-hydrogen) atoms. The number of benzene rings is 2. The summed E-state index contributed by atoms with van der Waals surface area (Å²) in [5.41, 5.74) is 2.71. The molecule has 2 aromatic carbocycles. The van der Waals surface area contributed by atoms with Gasteiger partial charge in [-0.05, 0) is 24.5 Å². The molecule has 1 aliphatic rings. The van der Waals surface area contributed by atoms with Gasteiger partial charge in [-0.1, -0.05) is 60.7 Å². The molecule has 1 aromatic heterocycles. The van der Waals surface area contributed by atoms with E-state index in [0.717, 1.165) is 45.0 Å². The van der Waals surface area contributed by atoms with Crippen molar-refractivity contribution in [2.24, 2.45) is 0 Å². The van der Waals surface area contributed by atoms with E-state index in [2.05, 4.69) is 88.2 Å². The summed E-state index contributed by atoms with van der Waals surface area (Å²) in [6.45, 7) is 6.72. The zero-order valence-electron chi connectivity index (χ0n) is 16.6. The minimum Gasteiger partial charge on any atom is -0.376 e. The van der Waals surface area contributed by atoms with Gasteiger partial charge in [0.25, 0.3) is 0 Å². The van der Waals surface area contributed by atoms with Gasteiger partial charge in [0.05, 0.1) is 19.3 Å². The number of aryl methyl sites for hydroxylation is 1. The van der Waals surface area contributed by atoms with Gasteiger partial charge in [0, 0.05) is 37.9 Å². The number of hydrogen-bond acceptors (Lipinski definition) is 3. The lowest BCUT2D eigenvalue weighted by Gasteiger charge is -2.34. The zero-order valence-corrected chi connectivity index (χ0v) is 16.6. The molecule has 0 radical (unpaired) electrons. The molecule has 0 spiro atoms.